The molecule has 0 aliphatic heterocycles. The first kappa shape index (κ1) is 21.0. The Kier molecular flexibility index (Phi) is 7.15. The van der Waals surface area contributed by atoms with Crippen molar-refractivity contribution in [1.82, 2.24) is 14.5 Å². The lowest BCUT2D eigenvalue weighted by Gasteiger charge is -2.27. The van der Waals surface area contributed by atoms with Crippen LogP contribution in [0, 0.1) is 17.2 Å². The van der Waals surface area contributed by atoms with Gasteiger partial charge in [0.25, 0.3) is 0 Å². The molecule has 148 valence electrons. The van der Waals surface area contributed by atoms with Crippen LogP contribution in [0.15, 0.2) is 36.8 Å². The maximum Gasteiger partial charge on any atom is 0.408 e. The molecule has 1 atom stereocenters. The zero-order chi connectivity index (χ0) is 20.7. The molecule has 1 aromatic carbocycles. The van der Waals surface area contributed by atoms with E-state index in [1.165, 1.54) is 0 Å². The summed E-state index contributed by atoms with van der Waals surface area (Å²) < 4.78 is 1.89. The SMILES string of the molecule is CC(C)CC(C(=O)O)N(CCc1cncn1Cc1ccc(C#N)cc1)C(=O)O. The number of nitrogens with zero attached hydrogens (tertiary/aromatic N) is 4. The second kappa shape index (κ2) is 9.55. The van der Waals surface area contributed by atoms with Crippen LogP contribution >= 0.6 is 0 Å². The maximum atomic E-state index is 11.6. The number of amides is 1. The Hall–Kier alpha value is -3.34. The minimum atomic E-state index is -1.24. The van der Waals surface area contributed by atoms with E-state index in [9.17, 15) is 19.8 Å². The van der Waals surface area contributed by atoms with Crippen LogP contribution in [0.25, 0.3) is 0 Å². The fourth-order valence-corrected chi connectivity index (χ4v) is 3.01. The number of aliphatic carboxylic acids is 1. The molecule has 0 saturated carbocycles. The highest BCUT2D eigenvalue weighted by Crippen LogP contribution is 2.15. The van der Waals surface area contributed by atoms with Crippen LogP contribution in [0.2, 0.25) is 0 Å². The average molecular weight is 384 g/mol. The van der Waals surface area contributed by atoms with Gasteiger partial charge in [-0.15, -0.1) is 0 Å². The van der Waals surface area contributed by atoms with E-state index < -0.39 is 18.1 Å². The summed E-state index contributed by atoms with van der Waals surface area (Å²) >= 11 is 0. The zero-order valence-electron chi connectivity index (χ0n) is 15.9. The first-order valence-electron chi connectivity index (χ1n) is 9.02. The van der Waals surface area contributed by atoms with E-state index in [1.807, 2.05) is 30.5 Å². The van der Waals surface area contributed by atoms with Crippen molar-refractivity contribution >= 4 is 12.1 Å². The van der Waals surface area contributed by atoms with Crippen LogP contribution in [0.5, 0.6) is 0 Å². The van der Waals surface area contributed by atoms with E-state index in [0.717, 1.165) is 16.2 Å². The van der Waals surface area contributed by atoms with Gasteiger partial charge in [0.05, 0.1) is 18.0 Å². The summed E-state index contributed by atoms with van der Waals surface area (Å²) in [6.45, 7) is 4.33. The summed E-state index contributed by atoms with van der Waals surface area (Å²) in [7, 11) is 0. The van der Waals surface area contributed by atoms with Gasteiger partial charge in [-0.1, -0.05) is 26.0 Å². The molecule has 0 aliphatic carbocycles. The fraction of sp³-hybridized carbons (Fsp3) is 0.400. The van der Waals surface area contributed by atoms with Gasteiger partial charge < -0.3 is 14.8 Å². The number of carboxylic acid groups (broad SMARTS) is 2. The molecule has 8 heteroatoms. The van der Waals surface area contributed by atoms with Crippen molar-refractivity contribution in [2.45, 2.75) is 39.3 Å². The third-order valence-electron chi connectivity index (χ3n) is 4.44. The van der Waals surface area contributed by atoms with Crippen LogP contribution < -0.4 is 0 Å². The van der Waals surface area contributed by atoms with Gasteiger partial charge in [0, 0.05) is 31.4 Å². The summed E-state index contributed by atoms with van der Waals surface area (Å²) in [5.41, 5.74) is 2.37. The first-order chi connectivity index (χ1) is 13.3. The third kappa shape index (κ3) is 5.58. The largest absolute Gasteiger partial charge is 0.480 e. The molecule has 0 fully saturated rings. The van der Waals surface area contributed by atoms with Crippen molar-refractivity contribution in [1.29, 1.82) is 5.26 Å². The molecule has 0 saturated heterocycles. The van der Waals surface area contributed by atoms with Crippen molar-refractivity contribution < 1.29 is 19.8 Å². The van der Waals surface area contributed by atoms with Gasteiger partial charge in [-0.25, -0.2) is 14.6 Å². The summed E-state index contributed by atoms with van der Waals surface area (Å²) in [5, 5.41) is 27.8. The normalized spacial score (nSPS) is 11.8. The molecule has 2 N–H and O–H groups in total. The smallest absolute Gasteiger partial charge is 0.408 e. The molecule has 2 rings (SSSR count). The number of nitriles is 1. The van der Waals surface area contributed by atoms with Gasteiger partial charge in [0.1, 0.15) is 6.04 Å². The number of imidazole rings is 1. The Morgan fingerprint density at radius 1 is 1.25 bits per heavy atom. The van der Waals surface area contributed by atoms with Crippen LogP contribution in [-0.4, -0.2) is 49.3 Å². The molecule has 0 spiro atoms. The monoisotopic (exact) mass is 384 g/mol. The van der Waals surface area contributed by atoms with Crippen LogP contribution in [-0.2, 0) is 17.8 Å². The summed E-state index contributed by atoms with van der Waals surface area (Å²) in [4.78, 5) is 28.3. The van der Waals surface area contributed by atoms with Crippen LogP contribution in [0.4, 0.5) is 4.79 Å². The molecule has 2 aromatic rings. The highest BCUT2D eigenvalue weighted by molar-refractivity contribution is 5.79. The molecule has 1 amide bonds. The molecule has 0 bridgehead atoms. The summed E-state index contributed by atoms with van der Waals surface area (Å²) in [6.07, 6.45) is 2.67. The number of aromatic nitrogens is 2. The van der Waals surface area contributed by atoms with E-state index in [2.05, 4.69) is 11.1 Å². The molecule has 0 radical (unpaired) electrons. The van der Waals surface area contributed by atoms with Crippen LogP contribution in [0.1, 0.15) is 37.1 Å². The van der Waals surface area contributed by atoms with Crippen LogP contribution in [0.3, 0.4) is 0 Å². The van der Waals surface area contributed by atoms with E-state index in [0.29, 0.717) is 18.5 Å². The van der Waals surface area contributed by atoms with Gasteiger partial charge in [0.15, 0.2) is 0 Å². The molecule has 28 heavy (non-hydrogen) atoms. The molecule has 1 heterocycles. The van der Waals surface area contributed by atoms with Crippen molar-refractivity contribution in [2.75, 3.05) is 6.54 Å². The Morgan fingerprint density at radius 2 is 1.93 bits per heavy atom. The lowest BCUT2D eigenvalue weighted by Crippen LogP contribution is -2.46. The Bertz CT molecular complexity index is 852. The summed E-state index contributed by atoms with van der Waals surface area (Å²) in [6, 6.07) is 8.18. The molecular formula is C20H24N4O4. The highest BCUT2D eigenvalue weighted by atomic mass is 16.4. The Balaban J connectivity index is 2.10. The Morgan fingerprint density at radius 3 is 2.46 bits per heavy atom. The predicted molar refractivity (Wildman–Crippen MR) is 102 cm³/mol. The number of hydrogen-bond donors (Lipinski definition) is 2. The fourth-order valence-electron chi connectivity index (χ4n) is 3.01. The number of benzene rings is 1. The molecule has 1 aromatic heterocycles. The third-order valence-corrected chi connectivity index (χ3v) is 4.44. The van der Waals surface area contributed by atoms with Crippen molar-refractivity contribution in [3.8, 4) is 6.07 Å². The minimum Gasteiger partial charge on any atom is -0.480 e. The first-order valence-corrected chi connectivity index (χ1v) is 9.02. The second-order valence-electron chi connectivity index (χ2n) is 7.03. The van der Waals surface area contributed by atoms with E-state index in [-0.39, 0.29) is 18.9 Å². The molecule has 8 nitrogen and oxygen atoms in total. The second-order valence-corrected chi connectivity index (χ2v) is 7.03. The van der Waals surface area contributed by atoms with Crippen molar-refractivity contribution in [3.05, 3.63) is 53.6 Å². The topological polar surface area (TPSA) is 119 Å². The Labute approximate surface area is 163 Å². The predicted octanol–water partition coefficient (Wildman–Crippen LogP) is 2.82. The minimum absolute atomic E-state index is 0.0601. The lowest BCUT2D eigenvalue weighted by molar-refractivity contribution is -0.143. The van der Waals surface area contributed by atoms with E-state index in [4.69, 9.17) is 5.26 Å². The number of hydrogen-bond acceptors (Lipinski definition) is 4. The molecular weight excluding hydrogens is 360 g/mol. The molecule has 0 aliphatic rings. The van der Waals surface area contributed by atoms with Gasteiger partial charge in [-0.2, -0.15) is 5.26 Å². The highest BCUT2D eigenvalue weighted by Gasteiger charge is 2.30. The van der Waals surface area contributed by atoms with Gasteiger partial charge in [-0.3, -0.25) is 4.90 Å². The average Bonchev–Trinajstić information content (AvgIpc) is 3.08. The number of carboxylic acids is 1. The zero-order valence-corrected chi connectivity index (χ0v) is 15.9. The maximum absolute atomic E-state index is 11.6. The summed E-state index contributed by atoms with van der Waals surface area (Å²) in [5.74, 6) is -1.08. The van der Waals surface area contributed by atoms with Gasteiger partial charge >= 0.3 is 12.1 Å². The standard InChI is InChI=1S/C20H24N4O4/c1-14(2)9-18(19(25)26)24(20(27)28)8-7-17-11-22-13-23(17)12-16-5-3-15(10-21)4-6-16/h3-6,11,13-14,18H,7-9,12H2,1-2H3,(H,25,26)(H,27,28). The van der Waals surface area contributed by atoms with Gasteiger partial charge in [0.2, 0.25) is 0 Å². The number of rotatable bonds is 9. The van der Waals surface area contributed by atoms with E-state index >= 15 is 0 Å². The van der Waals surface area contributed by atoms with Crippen molar-refractivity contribution in [2.24, 2.45) is 5.92 Å². The van der Waals surface area contributed by atoms with E-state index in [1.54, 1.807) is 24.7 Å². The quantitative estimate of drug-likeness (QED) is 0.686. The molecule has 1 unspecified atom stereocenters. The number of carbonyl (C=O) groups is 2. The lowest BCUT2D eigenvalue weighted by atomic mass is 10.0. The van der Waals surface area contributed by atoms with Crippen molar-refractivity contribution in [3.63, 3.8) is 0 Å². The van der Waals surface area contributed by atoms with Gasteiger partial charge in [-0.05, 0) is 30.0 Å².